The maximum Gasteiger partial charge on any atom is 0.375 e. The third-order valence-corrected chi connectivity index (χ3v) is 4.39. The summed E-state index contributed by atoms with van der Waals surface area (Å²) in [6, 6.07) is 9.78. The van der Waals surface area contributed by atoms with Gasteiger partial charge in [-0.1, -0.05) is 24.3 Å². The number of hydrogen-bond donors (Lipinski definition) is 1. The first-order chi connectivity index (χ1) is 11.6. The average Bonchev–Trinajstić information content (AvgIpc) is 3.01. The standard InChI is InChI=1S/C19H21NO4/c1-12-10-11-23-17(12)19(22)24-13(2)18(21)20-16-9-5-7-14-6-3-4-8-15(14)16/h3-4,6,8,10-11,13,16H,5,7,9H2,1-2H3,(H,20,21)/t13-,16-/m0/s1. The molecule has 0 radical (unpaired) electrons. The number of nitrogens with one attached hydrogen (secondary N) is 1. The van der Waals surface area contributed by atoms with Crippen molar-refractivity contribution in [3.05, 3.63) is 59.0 Å². The van der Waals surface area contributed by atoms with E-state index in [9.17, 15) is 9.59 Å². The maximum absolute atomic E-state index is 12.4. The van der Waals surface area contributed by atoms with E-state index in [-0.39, 0.29) is 17.7 Å². The summed E-state index contributed by atoms with van der Waals surface area (Å²) in [6.45, 7) is 3.32. The van der Waals surface area contributed by atoms with Gasteiger partial charge in [-0.3, -0.25) is 4.79 Å². The number of rotatable bonds is 4. The highest BCUT2D eigenvalue weighted by Crippen LogP contribution is 2.29. The van der Waals surface area contributed by atoms with Crippen LogP contribution in [-0.4, -0.2) is 18.0 Å². The molecule has 1 heterocycles. The first-order valence-corrected chi connectivity index (χ1v) is 8.19. The summed E-state index contributed by atoms with van der Waals surface area (Å²) in [5, 5.41) is 2.99. The average molecular weight is 327 g/mol. The second-order valence-electron chi connectivity index (χ2n) is 6.13. The number of esters is 1. The fraction of sp³-hybridized carbons (Fsp3) is 0.368. The molecule has 0 saturated heterocycles. The normalized spacial score (nSPS) is 17.7. The van der Waals surface area contributed by atoms with Gasteiger partial charge in [-0.25, -0.2) is 4.79 Å². The lowest BCUT2D eigenvalue weighted by atomic mass is 9.87. The lowest BCUT2D eigenvalue weighted by molar-refractivity contribution is -0.130. The molecule has 2 aromatic rings. The van der Waals surface area contributed by atoms with E-state index in [1.807, 2.05) is 18.2 Å². The number of furan rings is 1. The fourth-order valence-electron chi connectivity index (χ4n) is 3.04. The third kappa shape index (κ3) is 3.35. The molecule has 1 N–H and O–H groups in total. The minimum absolute atomic E-state index is 0.0334. The van der Waals surface area contributed by atoms with Crippen molar-refractivity contribution in [3.63, 3.8) is 0 Å². The summed E-state index contributed by atoms with van der Waals surface area (Å²) >= 11 is 0. The zero-order valence-electron chi connectivity index (χ0n) is 13.9. The van der Waals surface area contributed by atoms with E-state index in [1.54, 1.807) is 19.9 Å². The number of ether oxygens (including phenoxy) is 1. The van der Waals surface area contributed by atoms with E-state index in [4.69, 9.17) is 9.15 Å². The van der Waals surface area contributed by atoms with Crippen LogP contribution >= 0.6 is 0 Å². The predicted octanol–water partition coefficient (Wildman–Crippen LogP) is 3.33. The molecule has 1 amide bonds. The summed E-state index contributed by atoms with van der Waals surface area (Å²) in [7, 11) is 0. The predicted molar refractivity (Wildman–Crippen MR) is 88.6 cm³/mol. The van der Waals surface area contributed by atoms with Crippen LogP contribution < -0.4 is 5.32 Å². The van der Waals surface area contributed by atoms with Gasteiger partial charge in [-0.05, 0) is 50.3 Å². The Balaban J connectivity index is 1.63. The topological polar surface area (TPSA) is 68.5 Å². The Morgan fingerprint density at radius 3 is 2.83 bits per heavy atom. The van der Waals surface area contributed by atoms with Gasteiger partial charge in [0.05, 0.1) is 12.3 Å². The minimum Gasteiger partial charge on any atom is -0.457 e. The Labute approximate surface area is 141 Å². The van der Waals surface area contributed by atoms with Gasteiger partial charge >= 0.3 is 5.97 Å². The van der Waals surface area contributed by atoms with Crippen LogP contribution in [0, 0.1) is 6.92 Å². The van der Waals surface area contributed by atoms with Crippen molar-refractivity contribution in [2.75, 3.05) is 0 Å². The SMILES string of the molecule is Cc1ccoc1C(=O)O[C@@H](C)C(=O)N[C@H]1CCCc2ccccc21. The molecular weight excluding hydrogens is 306 g/mol. The number of fused-ring (bicyclic) bond motifs is 1. The van der Waals surface area contributed by atoms with E-state index >= 15 is 0 Å². The molecule has 1 aliphatic carbocycles. The summed E-state index contributed by atoms with van der Waals surface area (Å²) < 4.78 is 10.3. The lowest BCUT2D eigenvalue weighted by Crippen LogP contribution is -2.39. The van der Waals surface area contributed by atoms with Crippen molar-refractivity contribution in [1.82, 2.24) is 5.32 Å². The molecule has 0 aliphatic heterocycles. The number of aryl methyl sites for hydroxylation is 2. The van der Waals surface area contributed by atoms with Gasteiger partial charge in [-0.2, -0.15) is 0 Å². The summed E-state index contributed by atoms with van der Waals surface area (Å²) in [4.78, 5) is 24.4. The van der Waals surface area contributed by atoms with E-state index in [2.05, 4.69) is 11.4 Å². The molecule has 126 valence electrons. The largest absolute Gasteiger partial charge is 0.457 e. The highest BCUT2D eigenvalue weighted by atomic mass is 16.6. The van der Waals surface area contributed by atoms with Gasteiger partial charge in [0.2, 0.25) is 5.76 Å². The van der Waals surface area contributed by atoms with Crippen LogP contribution in [0.3, 0.4) is 0 Å². The molecule has 2 atom stereocenters. The van der Waals surface area contributed by atoms with Crippen molar-refractivity contribution >= 4 is 11.9 Å². The molecule has 24 heavy (non-hydrogen) atoms. The van der Waals surface area contributed by atoms with E-state index in [0.29, 0.717) is 5.56 Å². The Morgan fingerprint density at radius 1 is 1.29 bits per heavy atom. The molecule has 5 nitrogen and oxygen atoms in total. The molecule has 1 aliphatic rings. The monoisotopic (exact) mass is 327 g/mol. The molecule has 1 aromatic heterocycles. The molecule has 0 fully saturated rings. The Hall–Kier alpha value is -2.56. The number of hydrogen-bond acceptors (Lipinski definition) is 4. The fourth-order valence-corrected chi connectivity index (χ4v) is 3.04. The van der Waals surface area contributed by atoms with Crippen LogP contribution in [0.4, 0.5) is 0 Å². The van der Waals surface area contributed by atoms with Crippen LogP contribution in [0.25, 0.3) is 0 Å². The summed E-state index contributed by atoms with van der Waals surface area (Å²) in [6.07, 6.45) is 3.50. The van der Waals surface area contributed by atoms with E-state index in [0.717, 1.165) is 24.8 Å². The van der Waals surface area contributed by atoms with Crippen LogP contribution in [-0.2, 0) is 16.0 Å². The van der Waals surface area contributed by atoms with Gasteiger partial charge in [0.1, 0.15) is 0 Å². The van der Waals surface area contributed by atoms with Crippen LogP contribution in [0.15, 0.2) is 41.0 Å². The molecule has 1 aromatic carbocycles. The van der Waals surface area contributed by atoms with Gasteiger partial charge in [0, 0.05) is 5.56 Å². The van der Waals surface area contributed by atoms with Crippen molar-refractivity contribution in [2.24, 2.45) is 0 Å². The van der Waals surface area contributed by atoms with E-state index < -0.39 is 12.1 Å². The smallest absolute Gasteiger partial charge is 0.375 e. The third-order valence-electron chi connectivity index (χ3n) is 4.39. The first-order valence-electron chi connectivity index (χ1n) is 8.19. The summed E-state index contributed by atoms with van der Waals surface area (Å²) in [5.74, 6) is -0.781. The first kappa shape index (κ1) is 16.3. The van der Waals surface area contributed by atoms with Crippen LogP contribution in [0.2, 0.25) is 0 Å². The molecule has 0 saturated carbocycles. The Bertz CT molecular complexity index is 749. The highest BCUT2D eigenvalue weighted by molar-refractivity contribution is 5.91. The number of amides is 1. The van der Waals surface area contributed by atoms with Crippen LogP contribution in [0.1, 0.15) is 53.1 Å². The number of carbonyl (C=O) groups is 2. The number of carbonyl (C=O) groups excluding carboxylic acids is 2. The van der Waals surface area contributed by atoms with Gasteiger partial charge < -0.3 is 14.5 Å². The van der Waals surface area contributed by atoms with Crippen molar-refractivity contribution in [1.29, 1.82) is 0 Å². The Morgan fingerprint density at radius 2 is 2.08 bits per heavy atom. The highest BCUT2D eigenvalue weighted by Gasteiger charge is 2.26. The van der Waals surface area contributed by atoms with Crippen molar-refractivity contribution < 1.29 is 18.7 Å². The maximum atomic E-state index is 12.4. The zero-order valence-corrected chi connectivity index (χ0v) is 13.9. The van der Waals surface area contributed by atoms with Crippen molar-refractivity contribution in [3.8, 4) is 0 Å². The molecule has 5 heteroatoms. The second-order valence-corrected chi connectivity index (χ2v) is 6.13. The van der Waals surface area contributed by atoms with Gasteiger partial charge in [0.15, 0.2) is 6.10 Å². The zero-order chi connectivity index (χ0) is 17.1. The minimum atomic E-state index is -0.879. The second kappa shape index (κ2) is 6.91. The van der Waals surface area contributed by atoms with Gasteiger partial charge in [0.25, 0.3) is 5.91 Å². The Kier molecular flexibility index (Phi) is 4.69. The van der Waals surface area contributed by atoms with E-state index in [1.165, 1.54) is 11.8 Å². The molecule has 0 bridgehead atoms. The van der Waals surface area contributed by atoms with Gasteiger partial charge in [-0.15, -0.1) is 0 Å². The van der Waals surface area contributed by atoms with Crippen molar-refractivity contribution in [2.45, 2.75) is 45.3 Å². The lowest BCUT2D eigenvalue weighted by Gasteiger charge is -2.27. The summed E-state index contributed by atoms with van der Waals surface area (Å²) in [5.41, 5.74) is 3.11. The number of benzene rings is 1. The molecule has 3 rings (SSSR count). The molecular formula is C19H21NO4. The quantitative estimate of drug-likeness (QED) is 0.875. The molecule has 0 spiro atoms. The van der Waals surface area contributed by atoms with Crippen LogP contribution in [0.5, 0.6) is 0 Å². The molecule has 0 unspecified atom stereocenters.